The third-order valence-corrected chi connectivity index (χ3v) is 2.12. The van der Waals surface area contributed by atoms with Crippen LogP contribution in [0, 0.1) is 6.92 Å². The number of H-pyrrole nitrogens is 1. The second-order valence-electron chi connectivity index (χ2n) is 3.06. The Morgan fingerprint density at radius 2 is 2.00 bits per heavy atom. The molecule has 0 bridgehead atoms. The van der Waals surface area contributed by atoms with E-state index in [0.29, 0.717) is 11.6 Å². The van der Waals surface area contributed by atoms with Gasteiger partial charge in [-0.25, -0.2) is 4.98 Å². The van der Waals surface area contributed by atoms with Gasteiger partial charge in [-0.1, -0.05) is 0 Å². The lowest BCUT2D eigenvalue weighted by molar-refractivity contribution is 0.833. The van der Waals surface area contributed by atoms with Crippen LogP contribution in [-0.4, -0.2) is 23.1 Å². The summed E-state index contributed by atoms with van der Waals surface area (Å²) in [6.07, 6.45) is 0. The highest BCUT2D eigenvalue weighted by atomic mass is 16.1. The van der Waals surface area contributed by atoms with Gasteiger partial charge in [-0.05, 0) is 20.8 Å². The van der Waals surface area contributed by atoms with E-state index in [2.05, 4.69) is 9.97 Å². The summed E-state index contributed by atoms with van der Waals surface area (Å²) in [5.74, 6) is 1.17. The smallest absolute Gasteiger partial charge is 0.276 e. The molecule has 5 nitrogen and oxygen atoms in total. The zero-order valence-corrected chi connectivity index (χ0v) is 8.79. The van der Waals surface area contributed by atoms with Crippen LogP contribution in [0.1, 0.15) is 19.7 Å². The molecule has 1 heterocycles. The average Bonchev–Trinajstić information content (AvgIpc) is 2.15. The molecule has 0 aliphatic carbocycles. The molecule has 0 fully saturated rings. The number of aryl methyl sites for hydroxylation is 1. The van der Waals surface area contributed by atoms with E-state index >= 15 is 0 Å². The first-order valence-corrected chi connectivity index (χ1v) is 4.71. The summed E-state index contributed by atoms with van der Waals surface area (Å²) in [4.78, 5) is 20.1. The number of aromatic amines is 1. The van der Waals surface area contributed by atoms with Gasteiger partial charge in [-0.15, -0.1) is 0 Å². The van der Waals surface area contributed by atoms with E-state index in [4.69, 9.17) is 5.73 Å². The van der Waals surface area contributed by atoms with E-state index < -0.39 is 0 Å². The molecular formula is C9H16N4O. The predicted octanol–water partition coefficient (Wildman–Crippen LogP) is 0.507. The van der Waals surface area contributed by atoms with Crippen molar-refractivity contribution in [3.05, 3.63) is 16.2 Å². The normalized spacial score (nSPS) is 10.2. The van der Waals surface area contributed by atoms with Gasteiger partial charge < -0.3 is 15.6 Å². The molecule has 0 aliphatic rings. The molecule has 5 heteroatoms. The van der Waals surface area contributed by atoms with E-state index in [1.54, 1.807) is 6.92 Å². The Balaban J connectivity index is 3.25. The van der Waals surface area contributed by atoms with Crippen molar-refractivity contribution in [2.75, 3.05) is 23.7 Å². The van der Waals surface area contributed by atoms with Crippen LogP contribution < -0.4 is 16.2 Å². The Morgan fingerprint density at radius 3 is 2.50 bits per heavy atom. The zero-order chi connectivity index (χ0) is 10.7. The Bertz CT molecular complexity index is 368. The molecule has 0 atom stereocenters. The monoisotopic (exact) mass is 196 g/mol. The van der Waals surface area contributed by atoms with Crippen molar-refractivity contribution in [1.29, 1.82) is 0 Å². The van der Waals surface area contributed by atoms with Crippen LogP contribution in [-0.2, 0) is 0 Å². The molecular weight excluding hydrogens is 180 g/mol. The minimum Gasteiger partial charge on any atom is -0.391 e. The molecule has 0 aromatic carbocycles. The van der Waals surface area contributed by atoms with Crippen molar-refractivity contribution in [3.63, 3.8) is 0 Å². The number of nitrogen functional groups attached to an aromatic ring is 1. The molecule has 0 aliphatic heterocycles. The number of anilines is 2. The summed E-state index contributed by atoms with van der Waals surface area (Å²) in [5, 5.41) is 0. The standard InChI is InChI=1S/C9H16N4O/c1-4-13(5-2)8-7(10)9(14)12-6(3)11-8/h4-5,10H2,1-3H3,(H,11,12,14). The van der Waals surface area contributed by atoms with Gasteiger partial charge in [0.15, 0.2) is 5.82 Å². The second-order valence-corrected chi connectivity index (χ2v) is 3.06. The van der Waals surface area contributed by atoms with Gasteiger partial charge in [-0.2, -0.15) is 0 Å². The molecule has 0 saturated carbocycles. The molecule has 0 radical (unpaired) electrons. The van der Waals surface area contributed by atoms with Gasteiger partial charge in [0.1, 0.15) is 11.5 Å². The van der Waals surface area contributed by atoms with E-state index in [1.807, 2.05) is 18.7 Å². The number of nitrogens with zero attached hydrogens (tertiary/aromatic N) is 2. The summed E-state index contributed by atoms with van der Waals surface area (Å²) in [5.41, 5.74) is 5.58. The quantitative estimate of drug-likeness (QED) is 0.738. The van der Waals surface area contributed by atoms with Crippen molar-refractivity contribution >= 4 is 11.5 Å². The van der Waals surface area contributed by atoms with Crippen LogP contribution >= 0.6 is 0 Å². The third-order valence-electron chi connectivity index (χ3n) is 2.12. The van der Waals surface area contributed by atoms with E-state index in [9.17, 15) is 4.79 Å². The van der Waals surface area contributed by atoms with E-state index in [1.165, 1.54) is 0 Å². The zero-order valence-electron chi connectivity index (χ0n) is 8.79. The van der Waals surface area contributed by atoms with Gasteiger partial charge >= 0.3 is 0 Å². The molecule has 0 amide bonds. The SMILES string of the molecule is CCN(CC)c1nc(C)[nH]c(=O)c1N. The van der Waals surface area contributed by atoms with Crippen LogP contribution in [0.15, 0.2) is 4.79 Å². The maximum absolute atomic E-state index is 11.3. The predicted molar refractivity (Wildman–Crippen MR) is 57.6 cm³/mol. The fourth-order valence-corrected chi connectivity index (χ4v) is 1.34. The molecule has 1 aromatic rings. The third kappa shape index (κ3) is 1.86. The number of hydrogen-bond donors (Lipinski definition) is 2. The van der Waals surface area contributed by atoms with Crippen LogP contribution in [0.4, 0.5) is 11.5 Å². The first-order valence-electron chi connectivity index (χ1n) is 4.71. The highest BCUT2D eigenvalue weighted by Gasteiger charge is 2.11. The summed E-state index contributed by atoms with van der Waals surface area (Å²) in [7, 11) is 0. The lowest BCUT2D eigenvalue weighted by Gasteiger charge is -2.20. The Labute approximate surface area is 83.0 Å². The topological polar surface area (TPSA) is 75.0 Å². The minimum atomic E-state index is -0.264. The van der Waals surface area contributed by atoms with Gasteiger partial charge in [0.25, 0.3) is 5.56 Å². The van der Waals surface area contributed by atoms with Crippen molar-refractivity contribution in [2.45, 2.75) is 20.8 Å². The van der Waals surface area contributed by atoms with E-state index in [-0.39, 0.29) is 11.2 Å². The van der Waals surface area contributed by atoms with Crippen molar-refractivity contribution in [3.8, 4) is 0 Å². The van der Waals surface area contributed by atoms with Crippen LogP contribution in [0.25, 0.3) is 0 Å². The van der Waals surface area contributed by atoms with Gasteiger partial charge in [0.2, 0.25) is 0 Å². The van der Waals surface area contributed by atoms with Gasteiger partial charge in [0.05, 0.1) is 0 Å². The molecule has 0 spiro atoms. The molecule has 0 saturated heterocycles. The first-order chi connectivity index (χ1) is 6.60. The van der Waals surface area contributed by atoms with Crippen LogP contribution in [0.5, 0.6) is 0 Å². The average molecular weight is 196 g/mol. The lowest BCUT2D eigenvalue weighted by atomic mass is 10.4. The van der Waals surface area contributed by atoms with Crippen molar-refractivity contribution < 1.29 is 0 Å². The maximum atomic E-state index is 11.3. The number of nitrogens with one attached hydrogen (secondary N) is 1. The summed E-state index contributed by atoms with van der Waals surface area (Å²) in [6, 6.07) is 0. The van der Waals surface area contributed by atoms with Crippen LogP contribution in [0.2, 0.25) is 0 Å². The summed E-state index contributed by atoms with van der Waals surface area (Å²) >= 11 is 0. The van der Waals surface area contributed by atoms with Crippen LogP contribution in [0.3, 0.4) is 0 Å². The number of rotatable bonds is 3. The van der Waals surface area contributed by atoms with E-state index in [0.717, 1.165) is 13.1 Å². The second kappa shape index (κ2) is 4.13. The Hall–Kier alpha value is -1.52. The molecule has 14 heavy (non-hydrogen) atoms. The molecule has 1 rings (SSSR count). The highest BCUT2D eigenvalue weighted by molar-refractivity contribution is 5.61. The Kier molecular flexibility index (Phi) is 3.11. The summed E-state index contributed by atoms with van der Waals surface area (Å²) in [6.45, 7) is 7.32. The van der Waals surface area contributed by atoms with Crippen molar-refractivity contribution in [2.24, 2.45) is 0 Å². The molecule has 3 N–H and O–H groups in total. The fraction of sp³-hybridized carbons (Fsp3) is 0.556. The molecule has 78 valence electrons. The molecule has 0 unspecified atom stereocenters. The highest BCUT2D eigenvalue weighted by Crippen LogP contribution is 2.14. The van der Waals surface area contributed by atoms with Gasteiger partial charge in [-0.3, -0.25) is 4.79 Å². The number of nitrogens with two attached hydrogens (primary N) is 1. The largest absolute Gasteiger partial charge is 0.391 e. The number of hydrogen-bond acceptors (Lipinski definition) is 4. The molecule has 1 aromatic heterocycles. The summed E-state index contributed by atoms with van der Waals surface area (Å²) < 4.78 is 0. The maximum Gasteiger partial charge on any atom is 0.276 e. The first kappa shape index (κ1) is 10.6. The fourth-order valence-electron chi connectivity index (χ4n) is 1.34. The van der Waals surface area contributed by atoms with Crippen molar-refractivity contribution in [1.82, 2.24) is 9.97 Å². The number of aromatic nitrogens is 2. The Morgan fingerprint density at radius 1 is 1.43 bits per heavy atom. The lowest BCUT2D eigenvalue weighted by Crippen LogP contribution is -2.28. The van der Waals surface area contributed by atoms with Gasteiger partial charge in [0, 0.05) is 13.1 Å². The minimum absolute atomic E-state index is 0.194.